The van der Waals surface area contributed by atoms with Crippen molar-refractivity contribution in [3.05, 3.63) is 41.6 Å². The molecule has 4 amide bonds. The van der Waals surface area contributed by atoms with Gasteiger partial charge in [-0.25, -0.2) is 9.59 Å². The third kappa shape index (κ3) is 8.66. The lowest BCUT2D eigenvalue weighted by Crippen LogP contribution is -2.50. The average molecular weight is 375 g/mol. The number of ether oxygens (including phenoxy) is 1. The molecule has 3 N–H and O–H groups in total. The average Bonchev–Trinajstić information content (AvgIpc) is 2.52. The number of carbonyl (C=O) groups excluding carboxylic acids is 4. The van der Waals surface area contributed by atoms with Crippen LogP contribution in [-0.4, -0.2) is 35.5 Å². The van der Waals surface area contributed by atoms with Crippen LogP contribution < -0.4 is 16.0 Å². The molecule has 146 valence electrons. The van der Waals surface area contributed by atoms with Gasteiger partial charge in [0.2, 0.25) is 5.91 Å². The van der Waals surface area contributed by atoms with E-state index in [1.807, 2.05) is 6.07 Å². The predicted octanol–water partition coefficient (Wildman–Crippen LogP) is 1.72. The van der Waals surface area contributed by atoms with E-state index in [0.29, 0.717) is 5.56 Å². The van der Waals surface area contributed by atoms with Crippen LogP contribution >= 0.6 is 0 Å². The Hall–Kier alpha value is -3.16. The molecule has 1 aromatic carbocycles. The highest BCUT2D eigenvalue weighted by atomic mass is 16.5. The summed E-state index contributed by atoms with van der Waals surface area (Å²) in [5, 5.41) is 7.04. The molecule has 0 bridgehead atoms. The summed E-state index contributed by atoms with van der Waals surface area (Å²) < 4.78 is 5.06. The highest BCUT2D eigenvalue weighted by molar-refractivity contribution is 6.01. The van der Waals surface area contributed by atoms with E-state index in [1.54, 1.807) is 45.0 Å². The Labute approximate surface area is 158 Å². The van der Waals surface area contributed by atoms with Crippen molar-refractivity contribution in [2.45, 2.75) is 46.3 Å². The van der Waals surface area contributed by atoms with Crippen molar-refractivity contribution in [2.24, 2.45) is 0 Å². The first-order valence-electron chi connectivity index (χ1n) is 8.36. The number of hydrogen-bond acceptors (Lipinski definition) is 5. The Morgan fingerprint density at radius 2 is 1.63 bits per heavy atom. The smallest absolute Gasteiger partial charge is 0.355 e. The molecule has 1 rings (SSSR count). The first-order chi connectivity index (χ1) is 12.5. The third-order valence-corrected chi connectivity index (χ3v) is 3.02. The molecular weight excluding hydrogens is 350 g/mol. The Balaban J connectivity index is 2.79. The van der Waals surface area contributed by atoms with Gasteiger partial charge in [0.05, 0.1) is 0 Å². The van der Waals surface area contributed by atoms with Crippen LogP contribution in [0.2, 0.25) is 0 Å². The van der Waals surface area contributed by atoms with Gasteiger partial charge in [0.15, 0.2) is 6.10 Å². The lowest BCUT2D eigenvalue weighted by molar-refractivity contribution is -0.151. The van der Waals surface area contributed by atoms with E-state index >= 15 is 0 Å². The molecule has 1 aromatic rings. The fourth-order valence-electron chi connectivity index (χ4n) is 1.91. The monoisotopic (exact) mass is 375 g/mol. The molecule has 0 saturated carbocycles. The van der Waals surface area contributed by atoms with Gasteiger partial charge in [-0.1, -0.05) is 30.3 Å². The van der Waals surface area contributed by atoms with Crippen molar-refractivity contribution in [3.63, 3.8) is 0 Å². The lowest BCUT2D eigenvalue weighted by Gasteiger charge is -2.21. The van der Waals surface area contributed by atoms with Gasteiger partial charge in [0.1, 0.15) is 5.70 Å². The summed E-state index contributed by atoms with van der Waals surface area (Å²) in [6.45, 7) is 7.85. The molecule has 0 aliphatic rings. The molecule has 0 unspecified atom stereocenters. The zero-order valence-electron chi connectivity index (χ0n) is 16.1. The number of nitrogens with one attached hydrogen (secondary N) is 3. The SMILES string of the molecule is CC(=O)N/C(=C\c1ccccc1)C(=O)O[C@@H](C)C(=O)NC(=O)NC(C)(C)C. The van der Waals surface area contributed by atoms with Gasteiger partial charge in [-0.3, -0.25) is 14.9 Å². The number of hydrogen-bond donors (Lipinski definition) is 3. The molecule has 0 saturated heterocycles. The topological polar surface area (TPSA) is 114 Å². The third-order valence-electron chi connectivity index (χ3n) is 3.02. The number of benzene rings is 1. The maximum absolute atomic E-state index is 12.3. The molecule has 0 aromatic heterocycles. The molecule has 0 heterocycles. The van der Waals surface area contributed by atoms with Crippen molar-refractivity contribution in [3.8, 4) is 0 Å². The molecule has 0 spiro atoms. The van der Waals surface area contributed by atoms with E-state index in [4.69, 9.17) is 4.74 Å². The Morgan fingerprint density at radius 3 is 2.15 bits per heavy atom. The summed E-state index contributed by atoms with van der Waals surface area (Å²) in [4.78, 5) is 47.4. The normalized spacial score (nSPS) is 12.6. The summed E-state index contributed by atoms with van der Waals surface area (Å²) in [5.41, 5.74) is 0.0220. The van der Waals surface area contributed by atoms with Crippen LogP contribution in [0.5, 0.6) is 0 Å². The lowest BCUT2D eigenvalue weighted by atomic mass is 10.1. The first kappa shape index (κ1) is 21.9. The highest BCUT2D eigenvalue weighted by Crippen LogP contribution is 2.08. The van der Waals surface area contributed by atoms with Crippen LogP contribution in [0.15, 0.2) is 36.0 Å². The standard InChI is InChI=1S/C19H25N3O5/c1-12(16(24)21-18(26)22-19(3,4)5)27-17(25)15(20-13(2)23)11-14-9-7-6-8-10-14/h6-12H,1-5H3,(H,20,23)(H2,21,22,24,26)/b15-11-/t12-/m0/s1. The predicted molar refractivity (Wildman–Crippen MR) is 100 cm³/mol. The highest BCUT2D eigenvalue weighted by Gasteiger charge is 2.24. The van der Waals surface area contributed by atoms with Crippen LogP contribution in [0.4, 0.5) is 4.79 Å². The van der Waals surface area contributed by atoms with Crippen molar-refractivity contribution >= 4 is 29.9 Å². The van der Waals surface area contributed by atoms with E-state index in [0.717, 1.165) is 0 Å². The molecule has 0 aliphatic heterocycles. The quantitative estimate of drug-likeness (QED) is 0.536. The van der Waals surface area contributed by atoms with Crippen LogP contribution in [0, 0.1) is 0 Å². The van der Waals surface area contributed by atoms with E-state index in [1.165, 1.54) is 19.9 Å². The molecule has 8 heteroatoms. The number of urea groups is 1. The zero-order valence-corrected chi connectivity index (χ0v) is 16.1. The fourth-order valence-corrected chi connectivity index (χ4v) is 1.91. The summed E-state index contributed by atoms with van der Waals surface area (Å²) in [6.07, 6.45) is 0.192. The van der Waals surface area contributed by atoms with Crippen molar-refractivity contribution < 1.29 is 23.9 Å². The number of carbonyl (C=O) groups is 4. The fraction of sp³-hybridized carbons (Fsp3) is 0.368. The van der Waals surface area contributed by atoms with Crippen LogP contribution in [-0.2, 0) is 19.1 Å². The summed E-state index contributed by atoms with van der Waals surface area (Å²) >= 11 is 0. The van der Waals surface area contributed by atoms with Crippen molar-refractivity contribution in [1.82, 2.24) is 16.0 Å². The second kappa shape index (κ2) is 9.51. The Morgan fingerprint density at radius 1 is 1.04 bits per heavy atom. The van der Waals surface area contributed by atoms with Crippen LogP contribution in [0.3, 0.4) is 0 Å². The van der Waals surface area contributed by atoms with Gasteiger partial charge < -0.3 is 15.4 Å². The van der Waals surface area contributed by atoms with Gasteiger partial charge >= 0.3 is 12.0 Å². The van der Waals surface area contributed by atoms with Gasteiger partial charge in [-0.2, -0.15) is 0 Å². The van der Waals surface area contributed by atoms with Crippen molar-refractivity contribution in [2.75, 3.05) is 0 Å². The molecular formula is C19H25N3O5. The number of esters is 1. The Bertz CT molecular complexity index is 735. The van der Waals surface area contributed by atoms with Crippen LogP contribution in [0.25, 0.3) is 6.08 Å². The van der Waals surface area contributed by atoms with Gasteiger partial charge in [-0.05, 0) is 39.3 Å². The van der Waals surface area contributed by atoms with Gasteiger partial charge in [0, 0.05) is 12.5 Å². The molecule has 0 aliphatic carbocycles. The summed E-state index contributed by atoms with van der Waals surface area (Å²) in [7, 11) is 0. The van der Waals surface area contributed by atoms with Gasteiger partial charge in [0.25, 0.3) is 5.91 Å². The maximum atomic E-state index is 12.3. The van der Waals surface area contributed by atoms with Crippen molar-refractivity contribution in [1.29, 1.82) is 0 Å². The molecule has 0 fully saturated rings. The largest absolute Gasteiger partial charge is 0.448 e. The minimum Gasteiger partial charge on any atom is -0.448 e. The first-order valence-corrected chi connectivity index (χ1v) is 8.36. The summed E-state index contributed by atoms with van der Waals surface area (Å²) in [6, 6.07) is 8.13. The molecule has 1 atom stereocenters. The van der Waals surface area contributed by atoms with E-state index in [2.05, 4.69) is 16.0 Å². The number of rotatable bonds is 5. The minimum atomic E-state index is -1.24. The van der Waals surface area contributed by atoms with Gasteiger partial charge in [-0.15, -0.1) is 0 Å². The van der Waals surface area contributed by atoms with E-state index in [-0.39, 0.29) is 5.70 Å². The number of amides is 4. The second-order valence-electron chi connectivity index (χ2n) is 6.89. The molecule has 0 radical (unpaired) electrons. The molecule has 27 heavy (non-hydrogen) atoms. The van der Waals surface area contributed by atoms with E-state index in [9.17, 15) is 19.2 Å². The molecule has 8 nitrogen and oxygen atoms in total. The minimum absolute atomic E-state index is 0.118. The second-order valence-corrected chi connectivity index (χ2v) is 6.89. The maximum Gasteiger partial charge on any atom is 0.355 e. The summed E-state index contributed by atoms with van der Waals surface area (Å²) in [5.74, 6) is -2.14. The van der Waals surface area contributed by atoms with E-state index < -0.39 is 35.5 Å². The zero-order chi connectivity index (χ0) is 20.6. The number of imide groups is 1. The van der Waals surface area contributed by atoms with Crippen LogP contribution in [0.1, 0.15) is 40.2 Å². The Kier molecular flexibility index (Phi) is 7.71.